The number of fused-ring (bicyclic) bond motifs is 4. The van der Waals surface area contributed by atoms with Gasteiger partial charge in [-0.2, -0.15) is 0 Å². The molecule has 0 saturated carbocycles. The largest absolute Gasteiger partial charge is 0.455 e. The average molecular weight is 452 g/mol. The van der Waals surface area contributed by atoms with Crippen molar-refractivity contribution in [2.45, 2.75) is 6.92 Å². The van der Waals surface area contributed by atoms with Crippen LogP contribution in [0.15, 0.2) is 114 Å². The van der Waals surface area contributed by atoms with Gasteiger partial charge in [-0.05, 0) is 48.4 Å². The Bertz CT molecular complexity index is 1840. The van der Waals surface area contributed by atoms with Gasteiger partial charge in [-0.1, -0.05) is 72.8 Å². The molecule has 0 N–H and O–H groups in total. The van der Waals surface area contributed by atoms with Crippen LogP contribution in [-0.4, -0.2) is 14.5 Å². The number of imidazole rings is 1. The molecule has 0 atom stereocenters. The third kappa shape index (κ3) is 3.15. The molecule has 7 rings (SSSR count). The van der Waals surface area contributed by atoms with Crippen molar-refractivity contribution < 1.29 is 4.42 Å². The van der Waals surface area contributed by atoms with Gasteiger partial charge in [-0.25, -0.2) is 4.98 Å². The first-order valence-electron chi connectivity index (χ1n) is 11.7. The normalized spacial score (nSPS) is 11.6. The Morgan fingerprint density at radius 1 is 0.714 bits per heavy atom. The number of aryl methyl sites for hydroxylation is 1. The highest BCUT2D eigenvalue weighted by Crippen LogP contribution is 2.37. The fourth-order valence-corrected chi connectivity index (χ4v) is 4.88. The molecule has 0 spiro atoms. The van der Waals surface area contributed by atoms with E-state index in [0.29, 0.717) is 0 Å². The van der Waals surface area contributed by atoms with Crippen LogP contribution in [0.25, 0.3) is 61.2 Å². The van der Waals surface area contributed by atoms with E-state index >= 15 is 0 Å². The number of rotatable bonds is 3. The van der Waals surface area contributed by atoms with E-state index in [1.165, 1.54) is 11.1 Å². The fraction of sp³-hybridized carbons (Fsp3) is 0.0323. The molecule has 0 aliphatic heterocycles. The molecule has 0 unspecified atom stereocenters. The molecule has 0 radical (unpaired) electrons. The number of furan rings is 1. The maximum Gasteiger partial charge on any atom is 0.149 e. The van der Waals surface area contributed by atoms with Crippen molar-refractivity contribution in [1.29, 1.82) is 0 Å². The van der Waals surface area contributed by atoms with E-state index in [4.69, 9.17) is 9.40 Å². The van der Waals surface area contributed by atoms with Crippen LogP contribution in [0.4, 0.5) is 0 Å². The van der Waals surface area contributed by atoms with Crippen molar-refractivity contribution in [3.63, 3.8) is 0 Å². The highest BCUT2D eigenvalue weighted by atomic mass is 16.3. The van der Waals surface area contributed by atoms with Gasteiger partial charge in [0.15, 0.2) is 0 Å². The van der Waals surface area contributed by atoms with Crippen molar-refractivity contribution in [2.75, 3.05) is 0 Å². The minimum Gasteiger partial charge on any atom is -0.455 e. The van der Waals surface area contributed by atoms with Gasteiger partial charge in [-0.15, -0.1) is 0 Å². The van der Waals surface area contributed by atoms with Crippen LogP contribution >= 0.6 is 0 Å². The van der Waals surface area contributed by atoms with Crippen LogP contribution in [0.3, 0.4) is 0 Å². The lowest BCUT2D eigenvalue weighted by atomic mass is 10.1. The first-order valence-corrected chi connectivity index (χ1v) is 11.7. The number of para-hydroxylation sites is 2. The number of pyridine rings is 1. The van der Waals surface area contributed by atoms with E-state index in [2.05, 4.69) is 82.3 Å². The summed E-state index contributed by atoms with van der Waals surface area (Å²) in [6.45, 7) is 1.99. The first-order chi connectivity index (χ1) is 17.3. The van der Waals surface area contributed by atoms with Gasteiger partial charge >= 0.3 is 0 Å². The monoisotopic (exact) mass is 451 g/mol. The summed E-state index contributed by atoms with van der Waals surface area (Å²) >= 11 is 0. The second-order valence-corrected chi connectivity index (χ2v) is 8.78. The lowest BCUT2D eigenvalue weighted by Gasteiger charge is -2.11. The predicted molar refractivity (Wildman–Crippen MR) is 142 cm³/mol. The fourth-order valence-electron chi connectivity index (χ4n) is 4.88. The minimum atomic E-state index is 0.838. The molecular formula is C31H21N3O. The Balaban J connectivity index is 1.48. The number of nitrogens with zero attached hydrogens (tertiary/aromatic N) is 3. The Morgan fingerprint density at radius 2 is 1.46 bits per heavy atom. The minimum absolute atomic E-state index is 0.838. The molecular weight excluding hydrogens is 430 g/mol. The highest BCUT2D eigenvalue weighted by molar-refractivity contribution is 6.09. The van der Waals surface area contributed by atoms with E-state index in [1.807, 2.05) is 43.5 Å². The van der Waals surface area contributed by atoms with Gasteiger partial charge in [0.2, 0.25) is 0 Å². The van der Waals surface area contributed by atoms with Crippen LogP contribution in [0.5, 0.6) is 0 Å². The van der Waals surface area contributed by atoms with Gasteiger partial charge in [-0.3, -0.25) is 9.55 Å². The zero-order valence-electron chi connectivity index (χ0n) is 19.1. The van der Waals surface area contributed by atoms with Gasteiger partial charge in [0.1, 0.15) is 17.0 Å². The van der Waals surface area contributed by atoms with Crippen LogP contribution in [0, 0.1) is 6.92 Å². The van der Waals surface area contributed by atoms with Gasteiger partial charge in [0.25, 0.3) is 0 Å². The molecule has 4 nitrogen and oxygen atoms in total. The van der Waals surface area contributed by atoms with Crippen molar-refractivity contribution in [3.05, 3.63) is 115 Å². The third-order valence-corrected chi connectivity index (χ3v) is 6.56. The molecule has 0 amide bonds. The van der Waals surface area contributed by atoms with E-state index in [0.717, 1.165) is 55.7 Å². The quantitative estimate of drug-likeness (QED) is 0.274. The standard InChI is InChI=1S/C31H21N3O/c1-20-18-27-28(19-32-20)34(23-16-14-22(15-17-23)21-8-3-2-4-9-21)31(33-27)26-12-7-11-25-24-10-5-6-13-29(24)35-30(25)26/h2-19H,1H3. The first kappa shape index (κ1) is 19.7. The second kappa shape index (κ2) is 7.67. The highest BCUT2D eigenvalue weighted by Gasteiger charge is 2.20. The van der Waals surface area contributed by atoms with Crippen molar-refractivity contribution in [3.8, 4) is 28.2 Å². The van der Waals surface area contributed by atoms with Gasteiger partial charge in [0, 0.05) is 22.2 Å². The van der Waals surface area contributed by atoms with Gasteiger partial charge in [0.05, 0.1) is 22.8 Å². The topological polar surface area (TPSA) is 43.9 Å². The molecule has 0 fully saturated rings. The molecule has 3 heterocycles. The molecule has 7 aromatic rings. The molecule has 4 heteroatoms. The zero-order chi connectivity index (χ0) is 23.4. The Kier molecular flexibility index (Phi) is 4.33. The summed E-state index contributed by atoms with van der Waals surface area (Å²) in [7, 11) is 0. The summed E-state index contributed by atoms with van der Waals surface area (Å²) in [6.07, 6.45) is 1.91. The second-order valence-electron chi connectivity index (χ2n) is 8.78. The Labute approximate surface area is 202 Å². The predicted octanol–water partition coefficient (Wildman–Crippen LogP) is 7.96. The summed E-state index contributed by atoms with van der Waals surface area (Å²) in [5, 5.41) is 2.20. The maximum absolute atomic E-state index is 6.36. The van der Waals surface area contributed by atoms with E-state index < -0.39 is 0 Å². The molecule has 0 aliphatic rings. The van der Waals surface area contributed by atoms with Crippen LogP contribution in [0.2, 0.25) is 0 Å². The summed E-state index contributed by atoms with van der Waals surface area (Å²) in [6, 6.07) is 35.5. The summed E-state index contributed by atoms with van der Waals surface area (Å²) in [5.41, 5.74) is 8.89. The van der Waals surface area contributed by atoms with E-state index in [9.17, 15) is 0 Å². The van der Waals surface area contributed by atoms with E-state index in [1.54, 1.807) is 0 Å². The number of hydrogen-bond donors (Lipinski definition) is 0. The molecule has 166 valence electrons. The van der Waals surface area contributed by atoms with Crippen LogP contribution in [-0.2, 0) is 0 Å². The summed E-state index contributed by atoms with van der Waals surface area (Å²) in [4.78, 5) is 9.66. The maximum atomic E-state index is 6.36. The molecule has 0 bridgehead atoms. The van der Waals surface area contributed by atoms with E-state index in [-0.39, 0.29) is 0 Å². The third-order valence-electron chi connectivity index (χ3n) is 6.56. The zero-order valence-corrected chi connectivity index (χ0v) is 19.1. The summed E-state index contributed by atoms with van der Waals surface area (Å²) in [5.74, 6) is 0.838. The smallest absolute Gasteiger partial charge is 0.149 e. The SMILES string of the molecule is Cc1cc2nc(-c3cccc4c3oc3ccccc34)n(-c3ccc(-c4ccccc4)cc3)c2cn1. The average Bonchev–Trinajstić information content (AvgIpc) is 3.47. The molecule has 3 aromatic heterocycles. The number of aromatic nitrogens is 3. The van der Waals surface area contributed by atoms with Gasteiger partial charge < -0.3 is 4.42 Å². The summed E-state index contributed by atoms with van der Waals surface area (Å²) < 4.78 is 8.54. The van der Waals surface area contributed by atoms with Crippen LogP contribution < -0.4 is 0 Å². The lowest BCUT2D eigenvalue weighted by molar-refractivity contribution is 0.669. The molecule has 4 aromatic carbocycles. The Hall–Kier alpha value is -4.70. The van der Waals surface area contributed by atoms with Crippen molar-refractivity contribution >= 4 is 33.0 Å². The van der Waals surface area contributed by atoms with Crippen LogP contribution in [0.1, 0.15) is 5.69 Å². The number of benzene rings is 4. The van der Waals surface area contributed by atoms with Crippen molar-refractivity contribution in [2.24, 2.45) is 0 Å². The number of hydrogen-bond acceptors (Lipinski definition) is 3. The lowest BCUT2D eigenvalue weighted by Crippen LogP contribution is -1.98. The van der Waals surface area contributed by atoms with Crippen molar-refractivity contribution in [1.82, 2.24) is 14.5 Å². The molecule has 0 saturated heterocycles. The Morgan fingerprint density at radius 3 is 2.31 bits per heavy atom. The molecule has 0 aliphatic carbocycles. The molecule has 35 heavy (non-hydrogen) atoms.